The molecule has 4 rings (SSSR count). The molecule has 0 radical (unpaired) electrons. The number of rotatable bonds is 5. The van der Waals surface area contributed by atoms with E-state index in [9.17, 15) is 0 Å². The molecule has 1 N–H and O–H groups in total. The summed E-state index contributed by atoms with van der Waals surface area (Å²) in [5.74, 6) is 1.72. The minimum atomic E-state index is 0.580. The molecule has 0 amide bonds. The Balaban J connectivity index is 1.60. The van der Waals surface area contributed by atoms with E-state index in [1.54, 1.807) is 0 Å². The van der Waals surface area contributed by atoms with Gasteiger partial charge in [-0.2, -0.15) is 4.98 Å². The van der Waals surface area contributed by atoms with Crippen molar-refractivity contribution in [3.8, 4) is 0 Å². The van der Waals surface area contributed by atoms with Crippen molar-refractivity contribution in [2.45, 2.75) is 45.6 Å². The number of para-hydroxylation sites is 2. The number of aromatic nitrogens is 2. The van der Waals surface area contributed by atoms with Crippen LogP contribution in [0.2, 0.25) is 0 Å². The molecule has 0 saturated carbocycles. The molecule has 1 aromatic heterocycles. The molecule has 2 aromatic rings. The van der Waals surface area contributed by atoms with Crippen molar-refractivity contribution in [2.75, 3.05) is 48.0 Å². The first-order valence-electron chi connectivity index (χ1n) is 10.6. The summed E-state index contributed by atoms with van der Waals surface area (Å²) in [5.41, 5.74) is 3.23. The lowest BCUT2D eigenvalue weighted by Gasteiger charge is -2.36. The zero-order valence-corrected chi connectivity index (χ0v) is 17.0. The Bertz CT molecular complexity index is 790. The summed E-state index contributed by atoms with van der Waals surface area (Å²) in [4.78, 5) is 14.4. The van der Waals surface area contributed by atoms with Crippen molar-refractivity contribution in [2.24, 2.45) is 0 Å². The van der Waals surface area contributed by atoms with Crippen molar-refractivity contribution >= 4 is 23.1 Å². The molecule has 0 bridgehead atoms. The lowest BCUT2D eigenvalue weighted by atomic mass is 10.00. The standard InChI is InChI=1S/C22H31N5O/c1-3-18-8-6-7-11-27(18)21-16-17(2)23-22(25-21)24-19-9-4-5-10-20(19)26-12-14-28-15-13-26/h4-5,9-10,16,18H,3,6-8,11-15H2,1-2H3,(H,23,24,25). The van der Waals surface area contributed by atoms with Crippen LogP contribution in [-0.4, -0.2) is 48.9 Å². The number of morpholine rings is 1. The van der Waals surface area contributed by atoms with Crippen LogP contribution >= 0.6 is 0 Å². The lowest BCUT2D eigenvalue weighted by Crippen LogP contribution is -2.39. The van der Waals surface area contributed by atoms with Crippen LogP contribution < -0.4 is 15.1 Å². The van der Waals surface area contributed by atoms with Crippen molar-refractivity contribution in [1.82, 2.24) is 9.97 Å². The van der Waals surface area contributed by atoms with Gasteiger partial charge in [0.25, 0.3) is 0 Å². The van der Waals surface area contributed by atoms with E-state index in [0.717, 1.165) is 56.5 Å². The van der Waals surface area contributed by atoms with Gasteiger partial charge >= 0.3 is 0 Å². The van der Waals surface area contributed by atoms with Crippen LogP contribution in [0, 0.1) is 6.92 Å². The molecule has 150 valence electrons. The minimum Gasteiger partial charge on any atom is -0.378 e. The monoisotopic (exact) mass is 381 g/mol. The smallest absolute Gasteiger partial charge is 0.229 e. The van der Waals surface area contributed by atoms with Gasteiger partial charge in [0.15, 0.2) is 0 Å². The first-order valence-corrected chi connectivity index (χ1v) is 10.6. The van der Waals surface area contributed by atoms with Crippen molar-refractivity contribution < 1.29 is 4.74 Å². The molecule has 2 fully saturated rings. The largest absolute Gasteiger partial charge is 0.378 e. The van der Waals surface area contributed by atoms with Crippen LogP contribution in [0.15, 0.2) is 30.3 Å². The minimum absolute atomic E-state index is 0.580. The highest BCUT2D eigenvalue weighted by Crippen LogP contribution is 2.30. The topological polar surface area (TPSA) is 53.5 Å². The fraction of sp³-hybridized carbons (Fsp3) is 0.545. The van der Waals surface area contributed by atoms with Crippen molar-refractivity contribution in [1.29, 1.82) is 0 Å². The molecule has 2 aliphatic heterocycles. The number of nitrogens with one attached hydrogen (secondary N) is 1. The molecule has 0 aliphatic carbocycles. The Morgan fingerprint density at radius 2 is 1.93 bits per heavy atom. The molecule has 3 heterocycles. The number of aryl methyl sites for hydroxylation is 1. The number of nitrogens with zero attached hydrogens (tertiary/aromatic N) is 4. The maximum absolute atomic E-state index is 5.51. The van der Waals surface area contributed by atoms with Gasteiger partial charge in [0.05, 0.1) is 24.6 Å². The third-order valence-electron chi connectivity index (χ3n) is 5.74. The van der Waals surface area contributed by atoms with Gasteiger partial charge < -0.3 is 19.9 Å². The normalized spacial score (nSPS) is 20.3. The maximum Gasteiger partial charge on any atom is 0.229 e. The predicted octanol–water partition coefficient (Wildman–Crippen LogP) is 4.13. The van der Waals surface area contributed by atoms with E-state index < -0.39 is 0 Å². The molecule has 28 heavy (non-hydrogen) atoms. The summed E-state index contributed by atoms with van der Waals surface area (Å²) in [6.07, 6.45) is 4.97. The van der Waals surface area contributed by atoms with Gasteiger partial charge in [-0.05, 0) is 44.7 Å². The zero-order valence-electron chi connectivity index (χ0n) is 17.0. The van der Waals surface area contributed by atoms with Crippen LogP contribution in [0.3, 0.4) is 0 Å². The molecule has 1 unspecified atom stereocenters. The summed E-state index contributed by atoms with van der Waals surface area (Å²) in [5, 5.41) is 3.49. The van der Waals surface area contributed by atoms with E-state index in [2.05, 4.69) is 64.3 Å². The Morgan fingerprint density at radius 1 is 1.11 bits per heavy atom. The highest BCUT2D eigenvalue weighted by atomic mass is 16.5. The van der Waals surface area contributed by atoms with Crippen molar-refractivity contribution in [3.05, 3.63) is 36.0 Å². The third kappa shape index (κ3) is 4.22. The van der Waals surface area contributed by atoms with Crippen LogP contribution in [0.25, 0.3) is 0 Å². The van der Waals surface area contributed by atoms with Gasteiger partial charge in [-0.3, -0.25) is 0 Å². The summed E-state index contributed by atoms with van der Waals surface area (Å²) >= 11 is 0. The van der Waals surface area contributed by atoms with Gasteiger partial charge in [0.1, 0.15) is 5.82 Å². The van der Waals surface area contributed by atoms with Gasteiger partial charge in [-0.15, -0.1) is 0 Å². The van der Waals surface area contributed by atoms with Crippen LogP contribution in [-0.2, 0) is 4.74 Å². The Labute approximate surface area is 167 Å². The quantitative estimate of drug-likeness (QED) is 0.840. The second kappa shape index (κ2) is 8.78. The fourth-order valence-corrected chi connectivity index (χ4v) is 4.26. The van der Waals surface area contributed by atoms with Crippen molar-refractivity contribution in [3.63, 3.8) is 0 Å². The van der Waals surface area contributed by atoms with Gasteiger partial charge in [-0.1, -0.05) is 19.1 Å². The second-order valence-electron chi connectivity index (χ2n) is 7.68. The van der Waals surface area contributed by atoms with E-state index in [-0.39, 0.29) is 0 Å². The van der Waals surface area contributed by atoms with Gasteiger partial charge in [0.2, 0.25) is 5.95 Å². The van der Waals surface area contributed by atoms with Gasteiger partial charge in [-0.25, -0.2) is 4.98 Å². The number of ether oxygens (including phenoxy) is 1. The Hall–Kier alpha value is -2.34. The molecule has 2 aliphatic rings. The highest BCUT2D eigenvalue weighted by Gasteiger charge is 2.23. The molecule has 6 nitrogen and oxygen atoms in total. The summed E-state index contributed by atoms with van der Waals surface area (Å²) < 4.78 is 5.51. The Morgan fingerprint density at radius 3 is 2.75 bits per heavy atom. The SMILES string of the molecule is CCC1CCCCN1c1cc(C)nc(Nc2ccccc2N2CCOCC2)n1. The van der Waals surface area contributed by atoms with E-state index in [1.165, 1.54) is 24.9 Å². The third-order valence-corrected chi connectivity index (χ3v) is 5.74. The summed E-state index contributed by atoms with van der Waals surface area (Å²) in [6, 6.07) is 11.1. The number of anilines is 4. The lowest BCUT2D eigenvalue weighted by molar-refractivity contribution is 0.123. The van der Waals surface area contributed by atoms with E-state index in [4.69, 9.17) is 9.72 Å². The van der Waals surface area contributed by atoms with E-state index >= 15 is 0 Å². The zero-order chi connectivity index (χ0) is 19.3. The fourth-order valence-electron chi connectivity index (χ4n) is 4.26. The molecule has 1 aromatic carbocycles. The molecular formula is C22H31N5O. The van der Waals surface area contributed by atoms with E-state index in [1.807, 2.05) is 0 Å². The van der Waals surface area contributed by atoms with Crippen LogP contribution in [0.4, 0.5) is 23.1 Å². The summed E-state index contributed by atoms with van der Waals surface area (Å²) in [7, 11) is 0. The maximum atomic E-state index is 5.51. The number of hydrogen-bond acceptors (Lipinski definition) is 6. The van der Waals surface area contributed by atoms with Crippen LogP contribution in [0.5, 0.6) is 0 Å². The van der Waals surface area contributed by atoms with E-state index in [0.29, 0.717) is 12.0 Å². The first-order chi connectivity index (χ1) is 13.7. The number of piperidine rings is 1. The second-order valence-corrected chi connectivity index (χ2v) is 7.68. The predicted molar refractivity (Wildman–Crippen MR) is 115 cm³/mol. The average molecular weight is 382 g/mol. The molecule has 2 saturated heterocycles. The van der Waals surface area contributed by atoms with Gasteiger partial charge in [0, 0.05) is 37.4 Å². The molecule has 0 spiro atoms. The molecule has 1 atom stereocenters. The first kappa shape index (κ1) is 19.0. The number of benzene rings is 1. The average Bonchev–Trinajstić information content (AvgIpc) is 2.74. The number of hydrogen-bond donors (Lipinski definition) is 1. The Kier molecular flexibility index (Phi) is 5.95. The highest BCUT2D eigenvalue weighted by molar-refractivity contribution is 5.73. The molecular weight excluding hydrogens is 350 g/mol. The molecule has 6 heteroatoms. The summed E-state index contributed by atoms with van der Waals surface area (Å²) in [6.45, 7) is 8.76. The van der Waals surface area contributed by atoms with Crippen LogP contribution in [0.1, 0.15) is 38.3 Å².